The summed E-state index contributed by atoms with van der Waals surface area (Å²) >= 11 is 0. The van der Waals surface area contributed by atoms with Gasteiger partial charge in [-0.1, -0.05) is 0 Å². The maximum Gasteiger partial charge on any atom is 0.396 e. The zero-order valence-electron chi connectivity index (χ0n) is 8.82. The smallest absolute Gasteiger partial charge is 0.396 e. The number of ether oxygens (including phenoxy) is 1. The SMILES string of the molecule is COC(=O)C(=O)N1CCC(N(C)C)C1. The molecule has 1 aliphatic heterocycles. The summed E-state index contributed by atoms with van der Waals surface area (Å²) in [6.45, 7) is 1.25. The Morgan fingerprint density at radius 3 is 2.50 bits per heavy atom. The molecule has 1 aliphatic rings. The van der Waals surface area contributed by atoms with Crippen molar-refractivity contribution in [2.45, 2.75) is 12.5 Å². The van der Waals surface area contributed by atoms with Gasteiger partial charge in [-0.25, -0.2) is 4.79 Å². The number of rotatable bonds is 1. The second kappa shape index (κ2) is 4.41. The molecule has 80 valence electrons. The zero-order valence-corrected chi connectivity index (χ0v) is 8.82. The Balaban J connectivity index is 2.50. The topological polar surface area (TPSA) is 49.9 Å². The number of carbonyl (C=O) groups excluding carboxylic acids is 2. The van der Waals surface area contributed by atoms with E-state index in [0.29, 0.717) is 19.1 Å². The van der Waals surface area contributed by atoms with Crippen molar-refractivity contribution in [3.8, 4) is 0 Å². The summed E-state index contributed by atoms with van der Waals surface area (Å²) in [6.07, 6.45) is 0.912. The first kappa shape index (κ1) is 11.0. The van der Waals surface area contributed by atoms with Gasteiger partial charge >= 0.3 is 11.9 Å². The molecular formula is C9H16N2O3. The molecule has 0 saturated carbocycles. The van der Waals surface area contributed by atoms with Crippen molar-refractivity contribution in [3.63, 3.8) is 0 Å². The highest BCUT2D eigenvalue weighted by Gasteiger charge is 2.31. The molecule has 1 atom stereocenters. The van der Waals surface area contributed by atoms with Crippen molar-refractivity contribution in [2.24, 2.45) is 0 Å². The van der Waals surface area contributed by atoms with E-state index in [9.17, 15) is 9.59 Å². The number of hydrogen-bond acceptors (Lipinski definition) is 4. The lowest BCUT2D eigenvalue weighted by Crippen LogP contribution is -2.38. The Hall–Kier alpha value is -1.10. The molecule has 0 N–H and O–H groups in total. The van der Waals surface area contributed by atoms with E-state index in [2.05, 4.69) is 9.64 Å². The van der Waals surface area contributed by atoms with E-state index in [1.54, 1.807) is 0 Å². The molecule has 0 aliphatic carbocycles. The summed E-state index contributed by atoms with van der Waals surface area (Å²) in [7, 11) is 5.16. The maximum absolute atomic E-state index is 11.4. The minimum atomic E-state index is -0.774. The van der Waals surface area contributed by atoms with Gasteiger partial charge in [0.1, 0.15) is 0 Å². The number of likely N-dealkylation sites (tertiary alicyclic amines) is 1. The molecule has 5 heteroatoms. The van der Waals surface area contributed by atoms with E-state index in [1.807, 2.05) is 14.1 Å². The molecule has 0 aromatic carbocycles. The molecular weight excluding hydrogens is 184 g/mol. The van der Waals surface area contributed by atoms with Gasteiger partial charge < -0.3 is 14.5 Å². The van der Waals surface area contributed by atoms with Gasteiger partial charge in [-0.15, -0.1) is 0 Å². The summed E-state index contributed by atoms with van der Waals surface area (Å²) in [5.74, 6) is -1.30. The van der Waals surface area contributed by atoms with Crippen LogP contribution in [0.4, 0.5) is 0 Å². The predicted molar refractivity (Wildman–Crippen MR) is 50.7 cm³/mol. The Kier molecular flexibility index (Phi) is 3.46. The quantitative estimate of drug-likeness (QED) is 0.416. The normalized spacial score (nSPS) is 21.4. The molecule has 0 bridgehead atoms. The standard InChI is InChI=1S/C9H16N2O3/c1-10(2)7-4-5-11(6-7)8(12)9(13)14-3/h7H,4-6H2,1-3H3. The number of methoxy groups -OCH3 is 1. The number of esters is 1. The van der Waals surface area contributed by atoms with Gasteiger partial charge in [0.2, 0.25) is 0 Å². The van der Waals surface area contributed by atoms with Crippen LogP contribution < -0.4 is 0 Å². The molecule has 0 aromatic heterocycles. The summed E-state index contributed by atoms with van der Waals surface area (Å²) < 4.78 is 4.38. The fourth-order valence-electron chi connectivity index (χ4n) is 1.56. The monoisotopic (exact) mass is 200 g/mol. The van der Waals surface area contributed by atoms with Crippen molar-refractivity contribution in [1.82, 2.24) is 9.80 Å². The van der Waals surface area contributed by atoms with Crippen LogP contribution in [-0.4, -0.2) is 62.0 Å². The van der Waals surface area contributed by atoms with Crippen LogP contribution in [0.1, 0.15) is 6.42 Å². The van der Waals surface area contributed by atoms with E-state index in [1.165, 1.54) is 12.0 Å². The molecule has 5 nitrogen and oxygen atoms in total. The first-order chi connectivity index (χ1) is 6.56. The summed E-state index contributed by atoms with van der Waals surface area (Å²) in [5, 5.41) is 0. The minimum absolute atomic E-state index is 0.351. The number of nitrogens with zero attached hydrogens (tertiary/aromatic N) is 2. The zero-order chi connectivity index (χ0) is 10.7. The second-order valence-electron chi connectivity index (χ2n) is 3.65. The molecule has 14 heavy (non-hydrogen) atoms. The van der Waals surface area contributed by atoms with Gasteiger partial charge in [-0.2, -0.15) is 0 Å². The van der Waals surface area contributed by atoms with E-state index >= 15 is 0 Å². The third kappa shape index (κ3) is 2.23. The highest BCUT2D eigenvalue weighted by molar-refractivity contribution is 6.32. The van der Waals surface area contributed by atoms with Crippen molar-refractivity contribution >= 4 is 11.9 Å². The maximum atomic E-state index is 11.4. The summed E-state index contributed by atoms with van der Waals surface area (Å²) in [5.41, 5.74) is 0. The lowest BCUT2D eigenvalue weighted by atomic mass is 10.2. The van der Waals surface area contributed by atoms with Crippen LogP contribution in [0.3, 0.4) is 0 Å². The van der Waals surface area contributed by atoms with E-state index in [-0.39, 0.29) is 0 Å². The van der Waals surface area contributed by atoms with Crippen LogP contribution in [-0.2, 0) is 14.3 Å². The van der Waals surface area contributed by atoms with Gasteiger partial charge in [0.05, 0.1) is 7.11 Å². The first-order valence-corrected chi connectivity index (χ1v) is 4.60. The highest BCUT2D eigenvalue weighted by atomic mass is 16.5. The van der Waals surface area contributed by atoms with Crippen molar-refractivity contribution in [1.29, 1.82) is 0 Å². The lowest BCUT2D eigenvalue weighted by molar-refractivity contribution is -0.157. The molecule has 0 radical (unpaired) electrons. The molecule has 0 spiro atoms. The summed E-state index contributed by atoms with van der Waals surface area (Å²) in [4.78, 5) is 25.9. The summed E-state index contributed by atoms with van der Waals surface area (Å²) in [6, 6.07) is 0.351. The van der Waals surface area contributed by atoms with E-state index in [0.717, 1.165) is 6.42 Å². The average molecular weight is 200 g/mol. The fourth-order valence-corrected chi connectivity index (χ4v) is 1.56. The van der Waals surface area contributed by atoms with Gasteiger partial charge in [0.25, 0.3) is 0 Å². The van der Waals surface area contributed by atoms with Gasteiger partial charge in [-0.05, 0) is 20.5 Å². The molecule has 0 aromatic rings. The Labute approximate surface area is 83.6 Å². The molecule has 1 heterocycles. The number of amides is 1. The van der Waals surface area contributed by atoms with Crippen LogP contribution >= 0.6 is 0 Å². The largest absolute Gasteiger partial charge is 0.462 e. The molecule has 1 saturated heterocycles. The van der Waals surface area contributed by atoms with Crippen molar-refractivity contribution in [3.05, 3.63) is 0 Å². The van der Waals surface area contributed by atoms with Crippen LogP contribution in [0.15, 0.2) is 0 Å². The van der Waals surface area contributed by atoms with Gasteiger partial charge in [-0.3, -0.25) is 4.79 Å². The fraction of sp³-hybridized carbons (Fsp3) is 0.778. The molecule has 1 amide bonds. The molecule has 1 unspecified atom stereocenters. The Morgan fingerprint density at radius 1 is 1.43 bits per heavy atom. The van der Waals surface area contributed by atoms with Crippen molar-refractivity contribution < 1.29 is 14.3 Å². The molecule has 1 rings (SSSR count). The number of carbonyl (C=O) groups is 2. The Bertz CT molecular complexity index is 240. The predicted octanol–water partition coefficient (Wildman–Crippen LogP) is -0.678. The van der Waals surface area contributed by atoms with Crippen LogP contribution in [0, 0.1) is 0 Å². The number of likely N-dealkylation sites (N-methyl/N-ethyl adjacent to an activating group) is 1. The third-order valence-corrected chi connectivity index (χ3v) is 2.54. The first-order valence-electron chi connectivity index (χ1n) is 4.60. The van der Waals surface area contributed by atoms with Gasteiger partial charge in [0.15, 0.2) is 0 Å². The Morgan fingerprint density at radius 2 is 2.07 bits per heavy atom. The molecule has 1 fully saturated rings. The lowest BCUT2D eigenvalue weighted by Gasteiger charge is -2.19. The van der Waals surface area contributed by atoms with Crippen LogP contribution in [0.5, 0.6) is 0 Å². The second-order valence-corrected chi connectivity index (χ2v) is 3.65. The van der Waals surface area contributed by atoms with Crippen molar-refractivity contribution in [2.75, 3.05) is 34.3 Å². The highest BCUT2D eigenvalue weighted by Crippen LogP contribution is 2.13. The van der Waals surface area contributed by atoms with Crippen LogP contribution in [0.2, 0.25) is 0 Å². The number of hydrogen-bond donors (Lipinski definition) is 0. The van der Waals surface area contributed by atoms with E-state index in [4.69, 9.17) is 0 Å². The van der Waals surface area contributed by atoms with Gasteiger partial charge in [0, 0.05) is 19.1 Å². The minimum Gasteiger partial charge on any atom is -0.462 e. The average Bonchev–Trinajstić information content (AvgIpc) is 2.64. The van der Waals surface area contributed by atoms with E-state index < -0.39 is 11.9 Å². The third-order valence-electron chi connectivity index (χ3n) is 2.54. The van der Waals surface area contributed by atoms with Crippen LogP contribution in [0.25, 0.3) is 0 Å².